The first-order valence-corrected chi connectivity index (χ1v) is 4.79. The zero-order chi connectivity index (χ0) is 9.26. The summed E-state index contributed by atoms with van der Waals surface area (Å²) >= 11 is 1.29. The van der Waals surface area contributed by atoms with Crippen molar-refractivity contribution in [2.45, 2.75) is 6.92 Å². The number of nitrogens with zero attached hydrogens (tertiary/aromatic N) is 1. The average molecular weight is 191 g/mol. The maximum atomic E-state index is 9.12. The second-order valence-electron chi connectivity index (χ2n) is 2.87. The Balaban J connectivity index is 2.41. The van der Waals surface area contributed by atoms with Gasteiger partial charge in [-0.1, -0.05) is 41.2 Å². The molecule has 0 aliphatic heterocycles. The molecule has 13 heavy (non-hydrogen) atoms. The normalized spacial score (nSPS) is 10.2. The van der Waals surface area contributed by atoms with Crippen molar-refractivity contribution in [3.05, 3.63) is 36.0 Å². The fourth-order valence-electron chi connectivity index (χ4n) is 1.10. The molecule has 0 amide bonds. The summed E-state index contributed by atoms with van der Waals surface area (Å²) < 4.78 is 0. The summed E-state index contributed by atoms with van der Waals surface area (Å²) in [6.07, 6.45) is 1.47. The quantitative estimate of drug-likeness (QED) is 0.751. The highest BCUT2D eigenvalue weighted by Crippen LogP contribution is 2.28. The summed E-state index contributed by atoms with van der Waals surface area (Å²) in [5.74, 6) is 0. The van der Waals surface area contributed by atoms with E-state index in [2.05, 4.69) is 4.98 Å². The molecule has 0 saturated heterocycles. The number of hydrogen-bond donors (Lipinski definition) is 1. The number of thiazole rings is 1. The van der Waals surface area contributed by atoms with Gasteiger partial charge in [0, 0.05) is 5.56 Å². The third-order valence-corrected chi connectivity index (χ3v) is 2.64. The summed E-state index contributed by atoms with van der Waals surface area (Å²) in [6, 6.07) is 8.09. The van der Waals surface area contributed by atoms with Gasteiger partial charge in [0.2, 0.25) is 0 Å². The standard InChI is InChI=1S/C10H9NOS/c1-7-2-4-8(5-3-7)10-11-6-9(12)13-10/h2-6,12H,1H3. The van der Waals surface area contributed by atoms with E-state index in [1.54, 1.807) is 0 Å². The molecule has 0 fully saturated rings. The fourth-order valence-corrected chi connectivity index (χ4v) is 1.76. The third-order valence-electron chi connectivity index (χ3n) is 1.79. The van der Waals surface area contributed by atoms with Gasteiger partial charge in [0.1, 0.15) is 5.01 Å². The fraction of sp³-hybridized carbons (Fsp3) is 0.100. The first kappa shape index (κ1) is 8.26. The lowest BCUT2D eigenvalue weighted by molar-refractivity contribution is 0.489. The van der Waals surface area contributed by atoms with Crippen LogP contribution < -0.4 is 0 Å². The summed E-state index contributed by atoms with van der Waals surface area (Å²) in [5.41, 5.74) is 2.28. The SMILES string of the molecule is Cc1ccc(-c2ncc(O)s2)cc1. The highest BCUT2D eigenvalue weighted by Gasteiger charge is 2.02. The maximum absolute atomic E-state index is 9.12. The van der Waals surface area contributed by atoms with E-state index in [4.69, 9.17) is 5.11 Å². The molecule has 3 heteroatoms. The van der Waals surface area contributed by atoms with Gasteiger partial charge in [-0.2, -0.15) is 0 Å². The Morgan fingerprint density at radius 1 is 1.23 bits per heavy atom. The molecule has 0 aliphatic rings. The van der Waals surface area contributed by atoms with E-state index in [1.165, 1.54) is 23.1 Å². The topological polar surface area (TPSA) is 33.1 Å². The highest BCUT2D eigenvalue weighted by molar-refractivity contribution is 7.16. The predicted octanol–water partition coefficient (Wildman–Crippen LogP) is 2.82. The Morgan fingerprint density at radius 2 is 1.92 bits per heavy atom. The number of hydrogen-bond acceptors (Lipinski definition) is 3. The first-order chi connectivity index (χ1) is 6.25. The summed E-state index contributed by atoms with van der Waals surface area (Å²) in [4.78, 5) is 4.08. The Labute approximate surface area is 80.5 Å². The number of rotatable bonds is 1. The number of aromatic nitrogens is 1. The lowest BCUT2D eigenvalue weighted by Crippen LogP contribution is -1.75. The Morgan fingerprint density at radius 3 is 2.46 bits per heavy atom. The van der Waals surface area contributed by atoms with E-state index < -0.39 is 0 Å². The van der Waals surface area contributed by atoms with E-state index in [0.29, 0.717) is 0 Å². The van der Waals surface area contributed by atoms with Crippen molar-refractivity contribution < 1.29 is 5.11 Å². The van der Waals surface area contributed by atoms with Crippen LogP contribution in [0.3, 0.4) is 0 Å². The molecule has 0 saturated carbocycles. The van der Waals surface area contributed by atoms with Crippen molar-refractivity contribution in [3.8, 4) is 15.6 Å². The first-order valence-electron chi connectivity index (χ1n) is 3.97. The Kier molecular flexibility index (Phi) is 2.02. The monoisotopic (exact) mass is 191 g/mol. The van der Waals surface area contributed by atoms with Gasteiger partial charge in [-0.05, 0) is 6.92 Å². The molecule has 0 radical (unpaired) electrons. The van der Waals surface area contributed by atoms with Gasteiger partial charge in [0.05, 0.1) is 6.20 Å². The van der Waals surface area contributed by atoms with Gasteiger partial charge < -0.3 is 5.11 Å². The lowest BCUT2D eigenvalue weighted by Gasteiger charge is -1.95. The zero-order valence-electron chi connectivity index (χ0n) is 7.19. The summed E-state index contributed by atoms with van der Waals surface area (Å²) in [7, 11) is 0. The van der Waals surface area contributed by atoms with Crippen LogP contribution in [0.4, 0.5) is 0 Å². The van der Waals surface area contributed by atoms with Crippen LogP contribution in [-0.2, 0) is 0 Å². The van der Waals surface area contributed by atoms with Crippen molar-refractivity contribution in [1.82, 2.24) is 4.98 Å². The molecule has 1 N–H and O–H groups in total. The second kappa shape index (κ2) is 3.18. The molecular weight excluding hydrogens is 182 g/mol. The molecule has 1 aromatic heterocycles. The van der Waals surface area contributed by atoms with E-state index >= 15 is 0 Å². The lowest BCUT2D eigenvalue weighted by atomic mass is 10.2. The molecule has 1 heterocycles. The van der Waals surface area contributed by atoms with E-state index in [0.717, 1.165) is 10.6 Å². The molecule has 0 aliphatic carbocycles. The van der Waals surface area contributed by atoms with Crippen LogP contribution in [0.25, 0.3) is 10.6 Å². The van der Waals surface area contributed by atoms with Gasteiger partial charge in [-0.3, -0.25) is 0 Å². The van der Waals surface area contributed by atoms with E-state index in [1.807, 2.05) is 31.2 Å². The van der Waals surface area contributed by atoms with Crippen molar-refractivity contribution in [2.24, 2.45) is 0 Å². The van der Waals surface area contributed by atoms with Crippen LogP contribution in [0, 0.1) is 6.92 Å². The van der Waals surface area contributed by atoms with Crippen LogP contribution in [-0.4, -0.2) is 10.1 Å². The van der Waals surface area contributed by atoms with Crippen LogP contribution >= 0.6 is 11.3 Å². The predicted molar refractivity (Wildman–Crippen MR) is 54.0 cm³/mol. The minimum atomic E-state index is 0.260. The summed E-state index contributed by atoms with van der Waals surface area (Å²) in [6.45, 7) is 2.04. The van der Waals surface area contributed by atoms with Crippen LogP contribution in [0.2, 0.25) is 0 Å². The molecule has 0 bridgehead atoms. The number of aromatic hydroxyl groups is 1. The Hall–Kier alpha value is -1.35. The smallest absolute Gasteiger partial charge is 0.192 e. The summed E-state index contributed by atoms with van der Waals surface area (Å²) in [5, 5.41) is 10.2. The van der Waals surface area contributed by atoms with Crippen LogP contribution in [0.5, 0.6) is 5.06 Å². The third kappa shape index (κ3) is 1.70. The van der Waals surface area contributed by atoms with Crippen molar-refractivity contribution in [3.63, 3.8) is 0 Å². The van der Waals surface area contributed by atoms with Gasteiger partial charge >= 0.3 is 0 Å². The van der Waals surface area contributed by atoms with Crippen molar-refractivity contribution in [1.29, 1.82) is 0 Å². The maximum Gasteiger partial charge on any atom is 0.192 e. The second-order valence-corrected chi connectivity index (χ2v) is 3.88. The molecule has 2 nitrogen and oxygen atoms in total. The van der Waals surface area contributed by atoms with Gasteiger partial charge in [0.15, 0.2) is 5.06 Å². The van der Waals surface area contributed by atoms with Crippen molar-refractivity contribution >= 4 is 11.3 Å². The molecule has 0 atom stereocenters. The number of benzene rings is 1. The van der Waals surface area contributed by atoms with Gasteiger partial charge in [-0.25, -0.2) is 4.98 Å². The van der Waals surface area contributed by atoms with Gasteiger partial charge in [0.25, 0.3) is 0 Å². The molecule has 66 valence electrons. The van der Waals surface area contributed by atoms with Crippen molar-refractivity contribution in [2.75, 3.05) is 0 Å². The van der Waals surface area contributed by atoms with Gasteiger partial charge in [-0.15, -0.1) is 0 Å². The highest BCUT2D eigenvalue weighted by atomic mass is 32.1. The molecule has 0 unspecified atom stereocenters. The molecule has 2 rings (SSSR count). The van der Waals surface area contributed by atoms with Crippen LogP contribution in [0.1, 0.15) is 5.56 Å². The van der Waals surface area contributed by atoms with E-state index in [9.17, 15) is 0 Å². The van der Waals surface area contributed by atoms with E-state index in [-0.39, 0.29) is 5.06 Å². The minimum Gasteiger partial charge on any atom is -0.498 e. The molecule has 1 aromatic carbocycles. The van der Waals surface area contributed by atoms with Crippen LogP contribution in [0.15, 0.2) is 30.5 Å². The minimum absolute atomic E-state index is 0.260. The average Bonchev–Trinajstić information content (AvgIpc) is 2.53. The largest absolute Gasteiger partial charge is 0.498 e. The Bertz CT molecular complexity index is 405. The molecular formula is C10H9NOS. The number of aryl methyl sites for hydroxylation is 1. The molecule has 0 spiro atoms. The zero-order valence-corrected chi connectivity index (χ0v) is 8.01. The molecule has 2 aromatic rings.